The smallest absolute Gasteiger partial charge is 0.306 e. The molecule has 138 valence electrons. The number of carboxylic acids is 1. The van der Waals surface area contributed by atoms with E-state index in [-0.39, 0.29) is 17.6 Å². The van der Waals surface area contributed by atoms with Crippen LogP contribution in [0.4, 0.5) is 11.4 Å². The molecule has 1 aromatic carbocycles. The van der Waals surface area contributed by atoms with Crippen LogP contribution in [0.15, 0.2) is 24.3 Å². The van der Waals surface area contributed by atoms with Crippen molar-refractivity contribution in [3.63, 3.8) is 0 Å². The van der Waals surface area contributed by atoms with Crippen molar-refractivity contribution in [3.05, 3.63) is 24.3 Å². The van der Waals surface area contributed by atoms with Gasteiger partial charge < -0.3 is 10.4 Å². The van der Waals surface area contributed by atoms with Crippen LogP contribution in [0.3, 0.4) is 0 Å². The molecule has 7 nitrogen and oxygen atoms in total. The highest BCUT2D eigenvalue weighted by molar-refractivity contribution is 7.92. The molecular formula is C17H24N2O5S. The van der Waals surface area contributed by atoms with Crippen LogP contribution in [0.2, 0.25) is 0 Å². The fraction of sp³-hybridized carbons (Fsp3) is 0.529. The molecule has 1 fully saturated rings. The van der Waals surface area contributed by atoms with E-state index in [0.717, 1.165) is 0 Å². The monoisotopic (exact) mass is 368 g/mol. The quantitative estimate of drug-likeness (QED) is 0.685. The zero-order valence-electron chi connectivity index (χ0n) is 14.2. The average Bonchev–Trinajstić information content (AvgIpc) is 2.54. The predicted octanol–water partition coefficient (Wildman–Crippen LogP) is 2.67. The lowest BCUT2D eigenvalue weighted by Crippen LogP contribution is -2.30. The van der Waals surface area contributed by atoms with Gasteiger partial charge in [0.25, 0.3) is 0 Å². The van der Waals surface area contributed by atoms with Crippen molar-refractivity contribution in [2.75, 3.05) is 15.8 Å². The zero-order chi connectivity index (χ0) is 18.4. The van der Waals surface area contributed by atoms with Crippen LogP contribution in [0, 0.1) is 11.8 Å². The highest BCUT2D eigenvalue weighted by Crippen LogP contribution is 2.30. The van der Waals surface area contributed by atoms with Crippen molar-refractivity contribution >= 4 is 33.3 Å². The Bertz CT molecular complexity index is 732. The van der Waals surface area contributed by atoms with Crippen LogP contribution in [-0.2, 0) is 19.6 Å². The number of rotatable bonds is 7. The van der Waals surface area contributed by atoms with Gasteiger partial charge in [0, 0.05) is 11.6 Å². The number of amides is 1. The Morgan fingerprint density at radius 1 is 1.20 bits per heavy atom. The van der Waals surface area contributed by atoms with Gasteiger partial charge in [-0.25, -0.2) is 8.42 Å². The number of hydrogen-bond donors (Lipinski definition) is 3. The molecule has 0 heterocycles. The van der Waals surface area contributed by atoms with Crippen LogP contribution in [0.5, 0.6) is 0 Å². The van der Waals surface area contributed by atoms with E-state index < -0.39 is 21.9 Å². The Morgan fingerprint density at radius 3 is 2.56 bits per heavy atom. The summed E-state index contributed by atoms with van der Waals surface area (Å²) in [5.41, 5.74) is 0.873. The molecule has 1 aromatic rings. The van der Waals surface area contributed by atoms with Crippen LogP contribution in [0.1, 0.15) is 39.0 Å². The first-order valence-corrected chi connectivity index (χ1v) is 10.1. The maximum atomic E-state index is 12.4. The second-order valence-electron chi connectivity index (χ2n) is 6.39. The number of aliphatic carboxylic acids is 1. The van der Waals surface area contributed by atoms with Gasteiger partial charge in [-0.05, 0) is 43.9 Å². The van der Waals surface area contributed by atoms with Crippen LogP contribution in [0.25, 0.3) is 0 Å². The number of hydrogen-bond acceptors (Lipinski definition) is 4. The Kier molecular flexibility index (Phi) is 6.41. The van der Waals surface area contributed by atoms with E-state index in [4.69, 9.17) is 5.11 Å². The Balaban J connectivity index is 2.01. The summed E-state index contributed by atoms with van der Waals surface area (Å²) in [5.74, 6) is -1.86. The fourth-order valence-corrected chi connectivity index (χ4v) is 4.18. The molecule has 1 aliphatic rings. The molecule has 8 heteroatoms. The van der Waals surface area contributed by atoms with Gasteiger partial charge in [-0.15, -0.1) is 0 Å². The largest absolute Gasteiger partial charge is 0.481 e. The summed E-state index contributed by atoms with van der Waals surface area (Å²) < 4.78 is 26.1. The molecule has 2 unspecified atom stereocenters. The van der Waals surface area contributed by atoms with Crippen molar-refractivity contribution in [3.8, 4) is 0 Å². The maximum absolute atomic E-state index is 12.4. The molecule has 0 aromatic heterocycles. The molecule has 0 saturated heterocycles. The highest BCUT2D eigenvalue weighted by atomic mass is 32.2. The summed E-state index contributed by atoms with van der Waals surface area (Å²) in [6.45, 7) is 1.78. The molecule has 1 aliphatic carbocycles. The van der Waals surface area contributed by atoms with E-state index in [0.29, 0.717) is 43.5 Å². The zero-order valence-corrected chi connectivity index (χ0v) is 15.0. The van der Waals surface area contributed by atoms with Gasteiger partial charge in [-0.1, -0.05) is 19.4 Å². The third-order valence-corrected chi connectivity index (χ3v) is 5.76. The molecule has 0 spiro atoms. The van der Waals surface area contributed by atoms with Gasteiger partial charge in [0.15, 0.2) is 0 Å². The normalized spacial score (nSPS) is 20.7. The molecule has 0 radical (unpaired) electrons. The first-order chi connectivity index (χ1) is 11.8. The minimum atomic E-state index is -3.40. The lowest BCUT2D eigenvalue weighted by atomic mass is 9.81. The molecule has 3 N–H and O–H groups in total. The molecule has 1 amide bonds. The van der Waals surface area contributed by atoms with Crippen LogP contribution >= 0.6 is 0 Å². The lowest BCUT2D eigenvalue weighted by molar-refractivity contribution is -0.143. The Hall–Kier alpha value is -2.09. The van der Waals surface area contributed by atoms with Crippen molar-refractivity contribution < 1.29 is 23.1 Å². The second-order valence-corrected chi connectivity index (χ2v) is 8.23. The molecule has 0 bridgehead atoms. The van der Waals surface area contributed by atoms with Gasteiger partial charge in [-0.2, -0.15) is 0 Å². The van der Waals surface area contributed by atoms with E-state index in [1.54, 1.807) is 31.2 Å². The Labute approximate surface area is 147 Å². The summed E-state index contributed by atoms with van der Waals surface area (Å²) in [6, 6.07) is 6.50. The SMILES string of the molecule is CCCS(=O)(=O)Nc1cccc(NC(=O)C2CCCC(C(=O)O)C2)c1. The van der Waals surface area contributed by atoms with E-state index in [2.05, 4.69) is 10.0 Å². The Morgan fingerprint density at radius 2 is 1.88 bits per heavy atom. The minimum absolute atomic E-state index is 0.0300. The van der Waals surface area contributed by atoms with Crippen molar-refractivity contribution in [2.45, 2.75) is 39.0 Å². The number of benzene rings is 1. The van der Waals surface area contributed by atoms with Crippen molar-refractivity contribution in [2.24, 2.45) is 11.8 Å². The number of sulfonamides is 1. The van der Waals surface area contributed by atoms with Gasteiger partial charge in [0.1, 0.15) is 0 Å². The lowest BCUT2D eigenvalue weighted by Gasteiger charge is -2.25. The summed E-state index contributed by atoms with van der Waals surface area (Å²) >= 11 is 0. The first kappa shape index (κ1) is 19.2. The third-order valence-electron chi connectivity index (χ3n) is 4.27. The van der Waals surface area contributed by atoms with Gasteiger partial charge in [0.2, 0.25) is 15.9 Å². The summed E-state index contributed by atoms with van der Waals surface area (Å²) in [5, 5.41) is 11.9. The number of nitrogens with one attached hydrogen (secondary N) is 2. The fourth-order valence-electron chi connectivity index (χ4n) is 3.06. The number of carbonyl (C=O) groups excluding carboxylic acids is 1. The van der Waals surface area contributed by atoms with E-state index >= 15 is 0 Å². The molecule has 0 aliphatic heterocycles. The standard InChI is InChI=1S/C17H24N2O5S/c1-2-9-25(23,24)19-15-8-4-7-14(11-15)18-16(20)12-5-3-6-13(10-12)17(21)22/h4,7-8,11-13,19H,2-3,5-6,9-10H2,1H3,(H,18,20)(H,21,22). The molecular weight excluding hydrogens is 344 g/mol. The summed E-state index contributed by atoms with van der Waals surface area (Å²) in [6.07, 6.45) is 2.83. The van der Waals surface area contributed by atoms with Crippen molar-refractivity contribution in [1.82, 2.24) is 0 Å². The van der Waals surface area contributed by atoms with E-state index in [1.165, 1.54) is 0 Å². The number of anilines is 2. The minimum Gasteiger partial charge on any atom is -0.481 e. The third kappa shape index (κ3) is 5.74. The van der Waals surface area contributed by atoms with Crippen LogP contribution in [-0.4, -0.2) is 31.2 Å². The van der Waals surface area contributed by atoms with Crippen LogP contribution < -0.4 is 10.0 Å². The summed E-state index contributed by atoms with van der Waals surface area (Å²) in [4.78, 5) is 23.5. The predicted molar refractivity (Wildman–Crippen MR) is 95.9 cm³/mol. The maximum Gasteiger partial charge on any atom is 0.306 e. The van der Waals surface area contributed by atoms with E-state index in [9.17, 15) is 18.0 Å². The van der Waals surface area contributed by atoms with E-state index in [1.807, 2.05) is 0 Å². The van der Waals surface area contributed by atoms with Gasteiger partial charge in [0.05, 0.1) is 17.4 Å². The topological polar surface area (TPSA) is 113 Å². The molecule has 1 saturated carbocycles. The average molecular weight is 368 g/mol. The summed E-state index contributed by atoms with van der Waals surface area (Å²) in [7, 11) is -3.40. The first-order valence-electron chi connectivity index (χ1n) is 8.45. The number of carbonyl (C=O) groups is 2. The van der Waals surface area contributed by atoms with Gasteiger partial charge in [-0.3, -0.25) is 14.3 Å². The van der Waals surface area contributed by atoms with Gasteiger partial charge >= 0.3 is 5.97 Å². The second kappa shape index (κ2) is 8.33. The molecule has 2 atom stereocenters. The molecule has 2 rings (SSSR count). The van der Waals surface area contributed by atoms with Crippen molar-refractivity contribution in [1.29, 1.82) is 0 Å². The number of carboxylic acid groups (broad SMARTS) is 1. The molecule has 25 heavy (non-hydrogen) atoms. The highest BCUT2D eigenvalue weighted by Gasteiger charge is 2.31.